The van der Waals surface area contributed by atoms with Crippen molar-refractivity contribution < 1.29 is 13.7 Å². The van der Waals surface area contributed by atoms with Crippen molar-refractivity contribution in [2.24, 2.45) is 17.8 Å². The number of amides is 1. The smallest absolute Gasteiger partial charge is 0.249 e. The van der Waals surface area contributed by atoms with Gasteiger partial charge in [0, 0.05) is 11.5 Å². The van der Waals surface area contributed by atoms with Crippen LogP contribution in [0.4, 0.5) is 4.39 Å². The van der Waals surface area contributed by atoms with E-state index < -0.39 is 0 Å². The van der Waals surface area contributed by atoms with E-state index in [4.69, 9.17) is 4.52 Å². The third kappa shape index (κ3) is 2.60. The Morgan fingerprint density at radius 1 is 1.38 bits per heavy atom. The maximum Gasteiger partial charge on any atom is 0.249 e. The Kier molecular flexibility index (Phi) is 3.62. The third-order valence-corrected chi connectivity index (χ3v) is 5.30. The van der Waals surface area contributed by atoms with E-state index in [9.17, 15) is 9.18 Å². The number of nitrogens with one attached hydrogen (secondary N) is 1. The molecule has 0 bridgehead atoms. The lowest BCUT2D eigenvalue weighted by atomic mass is 10.1. The van der Waals surface area contributed by atoms with Crippen LogP contribution in [-0.2, 0) is 4.79 Å². The molecule has 6 heteroatoms. The van der Waals surface area contributed by atoms with Crippen molar-refractivity contribution in [2.75, 3.05) is 0 Å². The average Bonchev–Trinajstić information content (AvgIpc) is 2.96. The van der Waals surface area contributed by atoms with Gasteiger partial charge in [-0.2, -0.15) is 4.98 Å². The second-order valence-electron chi connectivity index (χ2n) is 6.93. The second-order valence-corrected chi connectivity index (χ2v) is 6.93. The van der Waals surface area contributed by atoms with Crippen LogP contribution in [0.1, 0.15) is 43.7 Å². The molecule has 5 nitrogen and oxygen atoms in total. The van der Waals surface area contributed by atoms with Gasteiger partial charge in [0.15, 0.2) is 0 Å². The molecular formula is C18H20FN3O2. The number of halogens is 1. The van der Waals surface area contributed by atoms with Gasteiger partial charge in [0.1, 0.15) is 11.9 Å². The first-order valence-corrected chi connectivity index (χ1v) is 8.45. The van der Waals surface area contributed by atoms with Crippen LogP contribution in [0.5, 0.6) is 0 Å². The van der Waals surface area contributed by atoms with E-state index in [0.717, 1.165) is 0 Å². The summed E-state index contributed by atoms with van der Waals surface area (Å²) >= 11 is 0. The van der Waals surface area contributed by atoms with Crippen LogP contribution in [0.3, 0.4) is 0 Å². The van der Waals surface area contributed by atoms with Crippen LogP contribution in [0.15, 0.2) is 22.7 Å². The van der Waals surface area contributed by atoms with E-state index in [0.29, 0.717) is 34.7 Å². The molecule has 1 amide bonds. The molecule has 1 heterocycles. The minimum absolute atomic E-state index is 0.0922. The number of rotatable bonds is 4. The number of aromatic nitrogens is 2. The summed E-state index contributed by atoms with van der Waals surface area (Å²) in [4.78, 5) is 16.7. The van der Waals surface area contributed by atoms with Crippen molar-refractivity contribution in [3.8, 4) is 11.4 Å². The highest BCUT2D eigenvalue weighted by Crippen LogP contribution is 2.57. The molecule has 0 radical (unpaired) electrons. The maximum absolute atomic E-state index is 13.4. The zero-order chi connectivity index (χ0) is 16.8. The van der Waals surface area contributed by atoms with Crippen molar-refractivity contribution in [1.29, 1.82) is 0 Å². The van der Waals surface area contributed by atoms with Crippen LogP contribution in [0.2, 0.25) is 0 Å². The summed E-state index contributed by atoms with van der Waals surface area (Å²) in [5.41, 5.74) is 1.22. The minimum Gasteiger partial charge on any atom is -0.344 e. The second kappa shape index (κ2) is 5.69. The fourth-order valence-corrected chi connectivity index (χ4v) is 3.89. The lowest BCUT2D eigenvalue weighted by molar-refractivity contribution is -0.123. The topological polar surface area (TPSA) is 68.0 Å². The Labute approximate surface area is 139 Å². The number of carbonyl (C=O) groups excluding carboxylic acids is 1. The Balaban J connectivity index is 1.44. The van der Waals surface area contributed by atoms with Gasteiger partial charge in [0.25, 0.3) is 0 Å². The van der Waals surface area contributed by atoms with E-state index in [-0.39, 0.29) is 23.7 Å². The van der Waals surface area contributed by atoms with E-state index in [1.807, 2.05) is 6.92 Å². The quantitative estimate of drug-likeness (QED) is 0.933. The number of aryl methyl sites for hydroxylation is 1. The molecule has 2 aliphatic carbocycles. The highest BCUT2D eigenvalue weighted by molar-refractivity contribution is 5.82. The van der Waals surface area contributed by atoms with Crippen molar-refractivity contribution in [2.45, 2.75) is 39.2 Å². The largest absolute Gasteiger partial charge is 0.344 e. The van der Waals surface area contributed by atoms with Gasteiger partial charge in [-0.05, 0) is 62.3 Å². The molecule has 2 aliphatic rings. The monoisotopic (exact) mass is 329 g/mol. The van der Waals surface area contributed by atoms with Gasteiger partial charge in [0.2, 0.25) is 17.6 Å². The predicted octanol–water partition coefficient (Wildman–Crippen LogP) is 3.41. The number of hydrogen-bond donors (Lipinski definition) is 1. The summed E-state index contributed by atoms with van der Waals surface area (Å²) in [6.07, 6.45) is 3.59. The van der Waals surface area contributed by atoms with Gasteiger partial charge in [-0.25, -0.2) is 4.39 Å². The number of hydrogen-bond acceptors (Lipinski definition) is 4. The lowest BCUT2D eigenvalue weighted by Crippen LogP contribution is -2.29. The highest BCUT2D eigenvalue weighted by Gasteiger charge is 2.56. The number of benzene rings is 1. The normalized spacial score (nSPS) is 26.0. The molecule has 2 aromatic rings. The molecule has 2 saturated carbocycles. The fourth-order valence-electron chi connectivity index (χ4n) is 3.89. The minimum atomic E-state index is -0.332. The molecule has 0 saturated heterocycles. The van der Waals surface area contributed by atoms with Crippen LogP contribution in [0, 0.1) is 30.5 Å². The first-order chi connectivity index (χ1) is 11.5. The summed E-state index contributed by atoms with van der Waals surface area (Å²) in [7, 11) is 0. The van der Waals surface area contributed by atoms with Crippen molar-refractivity contribution in [3.05, 3.63) is 35.5 Å². The number of carbonyl (C=O) groups is 1. The molecule has 3 atom stereocenters. The van der Waals surface area contributed by atoms with Crippen LogP contribution >= 0.6 is 0 Å². The lowest BCUT2D eigenvalue weighted by Gasteiger charge is -2.10. The van der Waals surface area contributed by atoms with Crippen molar-refractivity contribution in [3.63, 3.8) is 0 Å². The Bertz CT molecular complexity index is 778. The molecule has 2 fully saturated rings. The summed E-state index contributed by atoms with van der Waals surface area (Å²) in [6, 6.07) is 4.35. The van der Waals surface area contributed by atoms with E-state index in [1.54, 1.807) is 19.1 Å². The van der Waals surface area contributed by atoms with Crippen molar-refractivity contribution in [1.82, 2.24) is 15.5 Å². The Morgan fingerprint density at radius 3 is 2.83 bits per heavy atom. The molecule has 1 aromatic heterocycles. The fraction of sp³-hybridized carbons (Fsp3) is 0.500. The predicted molar refractivity (Wildman–Crippen MR) is 85.3 cm³/mol. The number of nitrogens with zero attached hydrogens (tertiary/aromatic N) is 2. The van der Waals surface area contributed by atoms with Crippen LogP contribution in [-0.4, -0.2) is 16.0 Å². The average molecular weight is 329 g/mol. The molecule has 0 spiro atoms. The highest BCUT2D eigenvalue weighted by atomic mass is 19.1. The van der Waals surface area contributed by atoms with E-state index >= 15 is 0 Å². The molecule has 24 heavy (non-hydrogen) atoms. The zero-order valence-corrected chi connectivity index (χ0v) is 13.8. The zero-order valence-electron chi connectivity index (χ0n) is 13.8. The van der Waals surface area contributed by atoms with Crippen LogP contribution < -0.4 is 5.32 Å². The van der Waals surface area contributed by atoms with Crippen LogP contribution in [0.25, 0.3) is 11.4 Å². The molecule has 1 aromatic carbocycles. The van der Waals surface area contributed by atoms with E-state index in [1.165, 1.54) is 25.3 Å². The third-order valence-electron chi connectivity index (χ3n) is 5.30. The van der Waals surface area contributed by atoms with Gasteiger partial charge in [-0.15, -0.1) is 0 Å². The molecule has 1 N–H and O–H groups in total. The maximum atomic E-state index is 13.4. The first-order valence-electron chi connectivity index (χ1n) is 8.45. The molecule has 0 aliphatic heterocycles. The molecular weight excluding hydrogens is 309 g/mol. The molecule has 126 valence electrons. The first kappa shape index (κ1) is 15.3. The van der Waals surface area contributed by atoms with Gasteiger partial charge in [0.05, 0.1) is 0 Å². The Hall–Kier alpha value is -2.24. The summed E-state index contributed by atoms with van der Waals surface area (Å²) in [5, 5.41) is 6.92. The summed E-state index contributed by atoms with van der Waals surface area (Å²) < 4.78 is 18.6. The molecule has 4 rings (SSSR count). The van der Waals surface area contributed by atoms with E-state index in [2.05, 4.69) is 15.5 Å². The SMILES string of the molecule is Cc1cc(-c2noc([C@H](C)NC(=O)C3[C@H]4CCC[C@H]34)n2)ccc1F. The summed E-state index contributed by atoms with van der Waals surface area (Å²) in [6.45, 7) is 3.53. The van der Waals surface area contributed by atoms with Gasteiger partial charge < -0.3 is 9.84 Å². The standard InChI is InChI=1S/C18H20FN3O2/c1-9-8-11(6-7-14(9)19)16-21-18(24-22-16)10(2)20-17(23)15-12-4-3-5-13(12)15/h6-8,10,12-13,15H,3-5H2,1-2H3,(H,20,23)/t10-,12-,13-/m0/s1. The number of fused-ring (bicyclic) bond motifs is 1. The van der Waals surface area contributed by atoms with Gasteiger partial charge >= 0.3 is 0 Å². The van der Waals surface area contributed by atoms with Crippen molar-refractivity contribution >= 4 is 5.91 Å². The van der Waals surface area contributed by atoms with Gasteiger partial charge in [-0.3, -0.25) is 4.79 Å². The summed E-state index contributed by atoms with van der Waals surface area (Å²) in [5.74, 6) is 1.93. The van der Waals surface area contributed by atoms with Gasteiger partial charge in [-0.1, -0.05) is 11.6 Å². The molecule has 0 unspecified atom stereocenters. The Morgan fingerprint density at radius 2 is 2.12 bits per heavy atom.